The molecule has 0 radical (unpaired) electrons. The fourth-order valence-corrected chi connectivity index (χ4v) is 2.20. The minimum Gasteiger partial charge on any atom is -0.394 e. The molecular formula is C10H10ClFN4O3. The first-order chi connectivity index (χ1) is 9.11. The van der Waals surface area contributed by atoms with Crippen molar-refractivity contribution >= 4 is 22.8 Å². The fraction of sp³-hybridized carbons (Fsp3) is 0.500. The fourth-order valence-electron chi connectivity index (χ4n) is 2.07. The van der Waals surface area contributed by atoms with Crippen LogP contribution in [0.25, 0.3) is 11.2 Å². The van der Waals surface area contributed by atoms with Gasteiger partial charge >= 0.3 is 0 Å². The Labute approximate surface area is 111 Å². The molecule has 4 atom stereocenters. The van der Waals surface area contributed by atoms with Gasteiger partial charge in [0, 0.05) is 0 Å². The van der Waals surface area contributed by atoms with Crippen molar-refractivity contribution in [3.8, 4) is 0 Å². The van der Waals surface area contributed by atoms with Gasteiger partial charge in [-0.15, -0.1) is 0 Å². The van der Waals surface area contributed by atoms with Gasteiger partial charge in [0.25, 0.3) is 0 Å². The van der Waals surface area contributed by atoms with Gasteiger partial charge in [-0.25, -0.2) is 14.4 Å². The van der Waals surface area contributed by atoms with E-state index in [9.17, 15) is 9.50 Å². The number of imidazole rings is 1. The van der Waals surface area contributed by atoms with Gasteiger partial charge < -0.3 is 14.9 Å². The van der Waals surface area contributed by atoms with Crippen molar-refractivity contribution in [3.63, 3.8) is 0 Å². The molecule has 2 N–H and O–H groups in total. The highest BCUT2D eigenvalue weighted by Gasteiger charge is 2.45. The van der Waals surface area contributed by atoms with Gasteiger partial charge in [-0.1, -0.05) is 0 Å². The number of ether oxygens (including phenoxy) is 1. The second kappa shape index (κ2) is 4.64. The van der Waals surface area contributed by atoms with Crippen LogP contribution in [0, 0.1) is 0 Å². The molecule has 3 rings (SSSR count). The van der Waals surface area contributed by atoms with Crippen LogP contribution in [0.1, 0.15) is 6.23 Å². The van der Waals surface area contributed by atoms with Crippen LogP contribution in [0.15, 0.2) is 12.5 Å². The third-order valence-corrected chi connectivity index (χ3v) is 3.22. The van der Waals surface area contributed by atoms with Gasteiger partial charge in [0.05, 0.1) is 19.1 Å². The largest absolute Gasteiger partial charge is 0.394 e. The molecule has 1 aliphatic rings. The van der Waals surface area contributed by atoms with Gasteiger partial charge in [-0.2, -0.15) is 4.98 Å². The summed E-state index contributed by atoms with van der Waals surface area (Å²) in [7, 11) is 0. The van der Waals surface area contributed by atoms with Crippen molar-refractivity contribution in [1.82, 2.24) is 19.5 Å². The SMILES string of the molecule is OC[C@H]1O[C@@H](n2cnc3cnc(Cl)nc32)[C@@H](F)[C@@H]1O. The highest BCUT2D eigenvalue weighted by molar-refractivity contribution is 6.28. The van der Waals surface area contributed by atoms with E-state index in [0.29, 0.717) is 11.2 Å². The predicted molar refractivity (Wildman–Crippen MR) is 62.2 cm³/mol. The highest BCUT2D eigenvalue weighted by atomic mass is 35.5. The van der Waals surface area contributed by atoms with Crippen molar-refractivity contribution in [2.75, 3.05) is 6.61 Å². The molecule has 2 aromatic rings. The number of rotatable bonds is 2. The number of aliphatic hydroxyl groups is 2. The van der Waals surface area contributed by atoms with Crippen molar-refractivity contribution < 1.29 is 19.3 Å². The first kappa shape index (κ1) is 12.7. The van der Waals surface area contributed by atoms with Crippen LogP contribution in [-0.4, -0.2) is 54.7 Å². The number of halogens is 2. The molecule has 0 spiro atoms. The van der Waals surface area contributed by atoms with Gasteiger partial charge in [0.2, 0.25) is 5.28 Å². The third kappa shape index (κ3) is 1.96. The molecular weight excluding hydrogens is 279 g/mol. The molecule has 1 saturated heterocycles. The molecule has 0 aliphatic carbocycles. The van der Waals surface area contributed by atoms with Crippen LogP contribution in [0.2, 0.25) is 5.28 Å². The van der Waals surface area contributed by atoms with E-state index in [0.717, 1.165) is 0 Å². The quantitative estimate of drug-likeness (QED) is 0.760. The molecule has 0 saturated carbocycles. The summed E-state index contributed by atoms with van der Waals surface area (Å²) >= 11 is 5.69. The molecule has 0 bridgehead atoms. The minimum atomic E-state index is -1.69. The van der Waals surface area contributed by atoms with Crippen LogP contribution in [0.4, 0.5) is 4.39 Å². The normalized spacial score (nSPS) is 31.2. The van der Waals surface area contributed by atoms with E-state index < -0.39 is 31.2 Å². The number of nitrogens with zero attached hydrogens (tertiary/aromatic N) is 4. The van der Waals surface area contributed by atoms with E-state index in [4.69, 9.17) is 21.4 Å². The molecule has 0 aromatic carbocycles. The zero-order valence-corrected chi connectivity index (χ0v) is 10.3. The number of aliphatic hydroxyl groups excluding tert-OH is 2. The second-order valence-corrected chi connectivity index (χ2v) is 4.52. The topological polar surface area (TPSA) is 93.3 Å². The van der Waals surface area contributed by atoms with E-state index in [-0.39, 0.29) is 5.28 Å². The molecule has 0 amide bonds. The molecule has 19 heavy (non-hydrogen) atoms. The lowest BCUT2D eigenvalue weighted by Gasteiger charge is -2.14. The summed E-state index contributed by atoms with van der Waals surface area (Å²) in [5, 5.41) is 18.6. The van der Waals surface area contributed by atoms with Crippen LogP contribution in [0.3, 0.4) is 0 Å². The van der Waals surface area contributed by atoms with E-state index in [2.05, 4.69) is 15.0 Å². The number of hydrogen-bond donors (Lipinski definition) is 2. The number of fused-ring (bicyclic) bond motifs is 1. The molecule has 9 heteroatoms. The van der Waals surface area contributed by atoms with Gasteiger partial charge in [-0.3, -0.25) is 4.57 Å². The number of alkyl halides is 1. The van der Waals surface area contributed by atoms with Gasteiger partial charge in [0.1, 0.15) is 17.7 Å². The first-order valence-electron chi connectivity index (χ1n) is 5.55. The van der Waals surface area contributed by atoms with Crippen molar-refractivity contribution in [2.45, 2.75) is 24.6 Å². The average molecular weight is 289 g/mol. The van der Waals surface area contributed by atoms with Crippen LogP contribution >= 0.6 is 11.6 Å². The Morgan fingerprint density at radius 1 is 1.47 bits per heavy atom. The van der Waals surface area contributed by atoms with Crippen molar-refractivity contribution in [3.05, 3.63) is 17.8 Å². The Bertz CT molecular complexity index is 609. The lowest BCUT2D eigenvalue weighted by molar-refractivity contribution is -0.0459. The predicted octanol–water partition coefficient (Wildman–Crippen LogP) is 0.0684. The smallest absolute Gasteiger partial charge is 0.224 e. The number of aromatic nitrogens is 4. The lowest BCUT2D eigenvalue weighted by Crippen LogP contribution is -2.30. The minimum absolute atomic E-state index is 0.00177. The summed E-state index contributed by atoms with van der Waals surface area (Å²) in [6.45, 7) is -0.472. The molecule has 1 aliphatic heterocycles. The van der Waals surface area contributed by atoms with Crippen molar-refractivity contribution in [2.24, 2.45) is 0 Å². The van der Waals surface area contributed by atoms with Crippen LogP contribution in [0.5, 0.6) is 0 Å². The Morgan fingerprint density at radius 3 is 2.95 bits per heavy atom. The average Bonchev–Trinajstić information content (AvgIpc) is 2.92. The van der Waals surface area contributed by atoms with Gasteiger partial charge in [-0.05, 0) is 11.6 Å². The van der Waals surface area contributed by atoms with E-state index in [1.165, 1.54) is 17.1 Å². The number of hydrogen-bond acceptors (Lipinski definition) is 6. The molecule has 7 nitrogen and oxygen atoms in total. The Kier molecular flexibility index (Phi) is 3.09. The maximum atomic E-state index is 14.0. The Morgan fingerprint density at radius 2 is 2.26 bits per heavy atom. The first-order valence-corrected chi connectivity index (χ1v) is 5.93. The maximum absolute atomic E-state index is 14.0. The maximum Gasteiger partial charge on any atom is 0.224 e. The third-order valence-electron chi connectivity index (χ3n) is 3.03. The highest BCUT2D eigenvalue weighted by Crippen LogP contribution is 2.33. The zero-order valence-electron chi connectivity index (χ0n) is 9.52. The monoisotopic (exact) mass is 288 g/mol. The summed E-state index contributed by atoms with van der Waals surface area (Å²) in [6.07, 6.45) is -2.44. The molecule has 1 fully saturated rings. The van der Waals surface area contributed by atoms with Crippen LogP contribution < -0.4 is 0 Å². The Hall–Kier alpha value is -1.35. The van der Waals surface area contributed by atoms with Crippen LogP contribution in [-0.2, 0) is 4.74 Å². The summed E-state index contributed by atoms with van der Waals surface area (Å²) in [5.41, 5.74) is 0.737. The summed E-state index contributed by atoms with van der Waals surface area (Å²) in [6, 6.07) is 0. The van der Waals surface area contributed by atoms with E-state index in [1.54, 1.807) is 0 Å². The standard InChI is InChI=1S/C10H10ClFN4O3/c11-10-13-1-4-8(15-10)16(3-14-4)9-6(12)7(18)5(2-17)19-9/h1,3,5-7,9,17-18H,2H2/t5-,6+,7-,9-/m1/s1. The molecule has 102 valence electrons. The lowest BCUT2D eigenvalue weighted by atomic mass is 10.1. The van der Waals surface area contributed by atoms with E-state index in [1.807, 2.05) is 0 Å². The van der Waals surface area contributed by atoms with Gasteiger partial charge in [0.15, 0.2) is 18.0 Å². The summed E-state index contributed by atoms with van der Waals surface area (Å²) in [4.78, 5) is 11.7. The molecule has 3 heterocycles. The van der Waals surface area contributed by atoms with Crippen molar-refractivity contribution in [1.29, 1.82) is 0 Å². The summed E-state index contributed by atoms with van der Waals surface area (Å²) in [5.74, 6) is 0. The summed E-state index contributed by atoms with van der Waals surface area (Å²) < 4.78 is 20.6. The zero-order chi connectivity index (χ0) is 13.6. The molecule has 0 unspecified atom stereocenters. The Balaban J connectivity index is 2.03. The molecule has 2 aromatic heterocycles. The van der Waals surface area contributed by atoms with E-state index >= 15 is 0 Å². The second-order valence-electron chi connectivity index (χ2n) is 4.18.